The molecule has 2 aromatic rings. The normalized spacial score (nSPS) is 22.2. The first-order chi connectivity index (χ1) is 8.88. The molecule has 3 nitrogen and oxygen atoms in total. The number of rotatable bonds is 3. The minimum atomic E-state index is 0.248. The zero-order chi connectivity index (χ0) is 12.4. The Kier molecular flexibility index (Phi) is 3.35. The number of furan rings is 1. The van der Waals surface area contributed by atoms with Crippen LogP contribution in [0.25, 0.3) is 11.0 Å². The molecule has 18 heavy (non-hydrogen) atoms. The van der Waals surface area contributed by atoms with Gasteiger partial charge in [0.15, 0.2) is 0 Å². The zero-order valence-corrected chi connectivity index (χ0v) is 10.7. The average molecular weight is 245 g/mol. The topological polar surface area (TPSA) is 34.4 Å². The van der Waals surface area contributed by atoms with Crippen LogP contribution in [0.2, 0.25) is 0 Å². The lowest BCUT2D eigenvalue weighted by Crippen LogP contribution is -2.31. The molecule has 96 valence electrons. The molecule has 2 atom stereocenters. The summed E-state index contributed by atoms with van der Waals surface area (Å²) in [5, 5.41) is 4.55. The van der Waals surface area contributed by atoms with Crippen LogP contribution >= 0.6 is 0 Å². The van der Waals surface area contributed by atoms with E-state index in [0.29, 0.717) is 5.92 Å². The summed E-state index contributed by atoms with van der Waals surface area (Å²) >= 11 is 0. The molecule has 0 bridgehead atoms. The van der Waals surface area contributed by atoms with Crippen LogP contribution in [0.15, 0.2) is 34.7 Å². The van der Waals surface area contributed by atoms with Crippen molar-refractivity contribution < 1.29 is 9.15 Å². The van der Waals surface area contributed by atoms with E-state index in [-0.39, 0.29) is 6.04 Å². The van der Waals surface area contributed by atoms with Gasteiger partial charge in [-0.05, 0) is 32.0 Å². The summed E-state index contributed by atoms with van der Waals surface area (Å²) in [4.78, 5) is 0. The van der Waals surface area contributed by atoms with Crippen LogP contribution < -0.4 is 5.32 Å². The Morgan fingerprint density at radius 1 is 1.33 bits per heavy atom. The van der Waals surface area contributed by atoms with Gasteiger partial charge in [-0.3, -0.25) is 0 Å². The van der Waals surface area contributed by atoms with Gasteiger partial charge < -0.3 is 14.5 Å². The van der Waals surface area contributed by atoms with Crippen molar-refractivity contribution in [3.63, 3.8) is 0 Å². The summed E-state index contributed by atoms with van der Waals surface area (Å²) < 4.78 is 11.5. The SMILES string of the molecule is CNC(c1cc2ccccc2o1)C1CCCOC1. The Hall–Kier alpha value is -1.32. The van der Waals surface area contributed by atoms with Gasteiger partial charge >= 0.3 is 0 Å². The third-order valence-corrected chi connectivity index (χ3v) is 3.73. The quantitative estimate of drug-likeness (QED) is 0.902. The van der Waals surface area contributed by atoms with Crippen LogP contribution in [-0.2, 0) is 4.74 Å². The van der Waals surface area contributed by atoms with Gasteiger partial charge in [-0.1, -0.05) is 18.2 Å². The highest BCUT2D eigenvalue weighted by molar-refractivity contribution is 5.77. The highest BCUT2D eigenvalue weighted by Crippen LogP contribution is 2.32. The maximum atomic E-state index is 5.96. The summed E-state index contributed by atoms with van der Waals surface area (Å²) in [6, 6.07) is 10.5. The molecule has 3 heteroatoms. The Labute approximate surface area is 107 Å². The molecule has 2 unspecified atom stereocenters. The fraction of sp³-hybridized carbons (Fsp3) is 0.467. The van der Waals surface area contributed by atoms with E-state index < -0.39 is 0 Å². The van der Waals surface area contributed by atoms with Crippen LogP contribution in [0.5, 0.6) is 0 Å². The Morgan fingerprint density at radius 3 is 2.94 bits per heavy atom. The van der Waals surface area contributed by atoms with E-state index in [2.05, 4.69) is 17.4 Å². The molecule has 1 aromatic carbocycles. The third kappa shape index (κ3) is 2.16. The van der Waals surface area contributed by atoms with Crippen molar-refractivity contribution in [1.82, 2.24) is 5.32 Å². The van der Waals surface area contributed by atoms with Crippen LogP contribution in [0.1, 0.15) is 24.6 Å². The van der Waals surface area contributed by atoms with Crippen molar-refractivity contribution in [3.05, 3.63) is 36.1 Å². The van der Waals surface area contributed by atoms with Crippen LogP contribution in [0.4, 0.5) is 0 Å². The predicted molar refractivity (Wildman–Crippen MR) is 71.6 cm³/mol. The van der Waals surface area contributed by atoms with E-state index in [1.54, 1.807) is 0 Å². The molecule has 0 spiro atoms. The Balaban J connectivity index is 1.90. The van der Waals surface area contributed by atoms with Crippen LogP contribution in [0, 0.1) is 5.92 Å². The van der Waals surface area contributed by atoms with Crippen molar-refractivity contribution in [2.45, 2.75) is 18.9 Å². The first kappa shape index (κ1) is 11.8. The van der Waals surface area contributed by atoms with E-state index in [9.17, 15) is 0 Å². The van der Waals surface area contributed by atoms with Crippen LogP contribution in [0.3, 0.4) is 0 Å². The summed E-state index contributed by atoms with van der Waals surface area (Å²) in [5.74, 6) is 1.53. The molecule has 1 saturated heterocycles. The molecule has 1 aliphatic heterocycles. The van der Waals surface area contributed by atoms with Crippen molar-refractivity contribution >= 4 is 11.0 Å². The first-order valence-corrected chi connectivity index (χ1v) is 6.62. The fourth-order valence-electron chi connectivity index (χ4n) is 2.79. The van der Waals surface area contributed by atoms with Gasteiger partial charge in [-0.2, -0.15) is 0 Å². The smallest absolute Gasteiger partial charge is 0.134 e. The average Bonchev–Trinajstić information content (AvgIpc) is 2.84. The van der Waals surface area contributed by atoms with E-state index in [4.69, 9.17) is 9.15 Å². The van der Waals surface area contributed by atoms with E-state index in [0.717, 1.165) is 31.0 Å². The van der Waals surface area contributed by atoms with Crippen LogP contribution in [-0.4, -0.2) is 20.3 Å². The second-order valence-electron chi connectivity index (χ2n) is 4.93. The van der Waals surface area contributed by atoms with Gasteiger partial charge in [-0.15, -0.1) is 0 Å². The summed E-state index contributed by atoms with van der Waals surface area (Å²) in [6.45, 7) is 1.72. The predicted octanol–water partition coefficient (Wildman–Crippen LogP) is 3.12. The maximum absolute atomic E-state index is 5.96. The van der Waals surface area contributed by atoms with Crippen molar-refractivity contribution in [3.8, 4) is 0 Å². The molecule has 0 radical (unpaired) electrons. The monoisotopic (exact) mass is 245 g/mol. The molecular weight excluding hydrogens is 226 g/mol. The van der Waals surface area contributed by atoms with Crippen molar-refractivity contribution in [2.24, 2.45) is 5.92 Å². The summed E-state index contributed by atoms with van der Waals surface area (Å²) in [6.07, 6.45) is 2.34. The number of benzene rings is 1. The second-order valence-corrected chi connectivity index (χ2v) is 4.93. The minimum Gasteiger partial charge on any atom is -0.459 e. The van der Waals surface area contributed by atoms with Gasteiger partial charge in [0.05, 0.1) is 12.6 Å². The molecule has 0 amide bonds. The first-order valence-electron chi connectivity index (χ1n) is 6.62. The molecule has 1 aliphatic rings. The lowest BCUT2D eigenvalue weighted by Gasteiger charge is -2.28. The van der Waals surface area contributed by atoms with Gasteiger partial charge in [0.25, 0.3) is 0 Å². The van der Waals surface area contributed by atoms with Gasteiger partial charge in [-0.25, -0.2) is 0 Å². The third-order valence-electron chi connectivity index (χ3n) is 3.73. The van der Waals surface area contributed by atoms with Crippen molar-refractivity contribution in [1.29, 1.82) is 0 Å². The fourth-order valence-corrected chi connectivity index (χ4v) is 2.79. The highest BCUT2D eigenvalue weighted by Gasteiger charge is 2.26. The largest absolute Gasteiger partial charge is 0.459 e. The number of ether oxygens (including phenoxy) is 1. The molecule has 1 aromatic heterocycles. The number of nitrogens with one attached hydrogen (secondary N) is 1. The van der Waals surface area contributed by atoms with Gasteiger partial charge in [0.2, 0.25) is 0 Å². The van der Waals surface area contributed by atoms with E-state index >= 15 is 0 Å². The standard InChI is InChI=1S/C15H19NO2/c1-16-15(12-6-4-8-17-10-12)14-9-11-5-2-3-7-13(11)18-14/h2-3,5,7,9,12,15-16H,4,6,8,10H2,1H3. The lowest BCUT2D eigenvalue weighted by molar-refractivity contribution is 0.0371. The molecule has 1 N–H and O–H groups in total. The number of hydrogen-bond donors (Lipinski definition) is 1. The van der Waals surface area contributed by atoms with Gasteiger partial charge in [0, 0.05) is 17.9 Å². The van der Waals surface area contributed by atoms with E-state index in [1.807, 2.05) is 25.2 Å². The van der Waals surface area contributed by atoms with Gasteiger partial charge in [0.1, 0.15) is 11.3 Å². The number of para-hydroxylation sites is 1. The summed E-state index contributed by atoms with van der Waals surface area (Å²) in [5.41, 5.74) is 0.962. The molecule has 0 aliphatic carbocycles. The highest BCUT2D eigenvalue weighted by atomic mass is 16.5. The maximum Gasteiger partial charge on any atom is 0.134 e. The minimum absolute atomic E-state index is 0.248. The second kappa shape index (κ2) is 5.12. The lowest BCUT2D eigenvalue weighted by atomic mass is 9.92. The molecule has 3 rings (SSSR count). The molecule has 2 heterocycles. The Morgan fingerprint density at radius 2 is 2.22 bits per heavy atom. The molecule has 0 saturated carbocycles. The number of hydrogen-bond acceptors (Lipinski definition) is 3. The zero-order valence-electron chi connectivity index (χ0n) is 10.7. The molecule has 1 fully saturated rings. The molecular formula is C15H19NO2. The number of fused-ring (bicyclic) bond motifs is 1. The van der Waals surface area contributed by atoms with Crippen molar-refractivity contribution in [2.75, 3.05) is 20.3 Å². The van der Waals surface area contributed by atoms with E-state index in [1.165, 1.54) is 11.8 Å². The Bertz CT molecular complexity index is 481. The summed E-state index contributed by atoms with van der Waals surface area (Å²) in [7, 11) is 1.99.